The van der Waals surface area contributed by atoms with Gasteiger partial charge in [0.25, 0.3) is 0 Å². The predicted molar refractivity (Wildman–Crippen MR) is 99.1 cm³/mol. The molecule has 0 amide bonds. The number of nitrogens with zero attached hydrogens (tertiary/aromatic N) is 1. The number of ether oxygens (including phenoxy) is 1. The molecule has 0 spiro atoms. The number of esters is 1. The second-order valence-corrected chi connectivity index (χ2v) is 8.88. The van der Waals surface area contributed by atoms with E-state index in [0.717, 1.165) is 24.3 Å². The molecule has 5 nitrogen and oxygen atoms in total. The lowest BCUT2D eigenvalue weighted by Crippen LogP contribution is -2.40. The number of benzene rings is 2. The van der Waals surface area contributed by atoms with Crippen molar-refractivity contribution in [1.29, 1.82) is 0 Å². The summed E-state index contributed by atoms with van der Waals surface area (Å²) in [4.78, 5) is 12.2. The highest BCUT2D eigenvalue weighted by Gasteiger charge is 2.33. The van der Waals surface area contributed by atoms with Gasteiger partial charge in [0, 0.05) is 13.1 Å². The number of halogens is 4. The summed E-state index contributed by atoms with van der Waals surface area (Å²) in [7, 11) is -3.79. The third-order valence-corrected chi connectivity index (χ3v) is 6.79. The average Bonchev–Trinajstić information content (AvgIpc) is 2.72. The first-order chi connectivity index (χ1) is 14.1. The van der Waals surface area contributed by atoms with Crippen LogP contribution in [0.15, 0.2) is 53.4 Å². The first-order valence-electron chi connectivity index (χ1n) is 9.16. The molecule has 0 radical (unpaired) electrons. The zero-order chi connectivity index (χ0) is 21.9. The fraction of sp³-hybridized carbons (Fsp3) is 0.350. The Kier molecular flexibility index (Phi) is 6.47. The lowest BCUT2D eigenvalue weighted by molar-refractivity contribution is -0.151. The first kappa shape index (κ1) is 22.2. The Morgan fingerprint density at radius 3 is 2.30 bits per heavy atom. The third kappa shape index (κ3) is 5.17. The van der Waals surface area contributed by atoms with Gasteiger partial charge in [-0.15, -0.1) is 0 Å². The summed E-state index contributed by atoms with van der Waals surface area (Å²) in [6.45, 7) is -0.122. The molecule has 2 aromatic carbocycles. The zero-order valence-corrected chi connectivity index (χ0v) is 16.5. The third-order valence-electron chi connectivity index (χ3n) is 4.87. The van der Waals surface area contributed by atoms with Crippen molar-refractivity contribution < 1.29 is 35.5 Å². The standard InChI is InChI=1S/C20H19F4NO4S/c21-17-4-6-18(7-5-17)30(27,28)25-10-8-15(9-11-25)19(26)29-13-14-2-1-3-16(12-14)20(22,23)24/h1-7,12,15H,8-11,13H2. The maximum atomic E-state index is 13.0. The van der Waals surface area contributed by atoms with E-state index < -0.39 is 39.5 Å². The summed E-state index contributed by atoms with van der Waals surface area (Å²) in [5.41, 5.74) is -0.607. The van der Waals surface area contributed by atoms with Gasteiger partial charge in [0.2, 0.25) is 10.0 Å². The van der Waals surface area contributed by atoms with Gasteiger partial charge in [-0.3, -0.25) is 4.79 Å². The van der Waals surface area contributed by atoms with E-state index in [9.17, 15) is 30.8 Å². The van der Waals surface area contributed by atoms with E-state index in [1.165, 1.54) is 28.6 Å². The van der Waals surface area contributed by atoms with E-state index in [2.05, 4.69) is 0 Å². The fourth-order valence-electron chi connectivity index (χ4n) is 3.20. The minimum atomic E-state index is -4.48. The van der Waals surface area contributed by atoms with Crippen LogP contribution >= 0.6 is 0 Å². The van der Waals surface area contributed by atoms with E-state index in [-0.39, 0.29) is 43.0 Å². The Labute approximate surface area is 171 Å². The van der Waals surface area contributed by atoms with E-state index in [0.29, 0.717) is 0 Å². The summed E-state index contributed by atoms with van der Waals surface area (Å²) in [6.07, 6.45) is -4.04. The Morgan fingerprint density at radius 1 is 1.07 bits per heavy atom. The topological polar surface area (TPSA) is 63.7 Å². The molecule has 0 atom stereocenters. The quantitative estimate of drug-likeness (QED) is 0.516. The molecule has 0 unspecified atom stereocenters. The first-order valence-corrected chi connectivity index (χ1v) is 10.6. The second kappa shape index (κ2) is 8.73. The van der Waals surface area contributed by atoms with Gasteiger partial charge in [0.15, 0.2) is 0 Å². The highest BCUT2D eigenvalue weighted by molar-refractivity contribution is 7.89. The summed E-state index contributed by atoms with van der Waals surface area (Å²) >= 11 is 0. The number of carbonyl (C=O) groups is 1. The fourth-order valence-corrected chi connectivity index (χ4v) is 4.67. The number of sulfonamides is 1. The van der Waals surface area contributed by atoms with Crippen molar-refractivity contribution in [3.05, 3.63) is 65.5 Å². The van der Waals surface area contributed by atoms with Gasteiger partial charge in [0.1, 0.15) is 12.4 Å². The van der Waals surface area contributed by atoms with Crippen molar-refractivity contribution in [1.82, 2.24) is 4.31 Å². The molecule has 162 valence electrons. The van der Waals surface area contributed by atoms with Gasteiger partial charge in [-0.05, 0) is 54.8 Å². The van der Waals surface area contributed by atoms with Crippen molar-refractivity contribution in [3.8, 4) is 0 Å². The Bertz CT molecular complexity index is 998. The van der Waals surface area contributed by atoms with Crippen LogP contribution in [0.25, 0.3) is 0 Å². The average molecular weight is 445 g/mol. The van der Waals surface area contributed by atoms with Crippen LogP contribution in [0.4, 0.5) is 17.6 Å². The van der Waals surface area contributed by atoms with Gasteiger partial charge in [-0.2, -0.15) is 17.5 Å². The smallest absolute Gasteiger partial charge is 0.416 e. The predicted octanol–water partition coefficient (Wildman–Crippen LogP) is 3.99. The van der Waals surface area contributed by atoms with Crippen molar-refractivity contribution in [3.63, 3.8) is 0 Å². The molecule has 1 fully saturated rings. The highest BCUT2D eigenvalue weighted by Crippen LogP contribution is 2.30. The second-order valence-electron chi connectivity index (χ2n) is 6.94. The largest absolute Gasteiger partial charge is 0.461 e. The number of hydrogen-bond acceptors (Lipinski definition) is 4. The molecule has 0 saturated carbocycles. The normalized spacial score (nSPS) is 16.4. The molecule has 1 aliphatic rings. The van der Waals surface area contributed by atoms with Crippen molar-refractivity contribution in [2.75, 3.05) is 13.1 Å². The monoisotopic (exact) mass is 445 g/mol. The van der Waals surface area contributed by atoms with E-state index in [1.807, 2.05) is 0 Å². The molecular formula is C20H19F4NO4S. The molecule has 1 aliphatic heterocycles. The van der Waals surface area contributed by atoms with Crippen LogP contribution in [0.5, 0.6) is 0 Å². The molecular weight excluding hydrogens is 426 g/mol. The van der Waals surface area contributed by atoms with E-state index in [1.54, 1.807) is 0 Å². The molecule has 0 aliphatic carbocycles. The van der Waals surface area contributed by atoms with E-state index >= 15 is 0 Å². The van der Waals surface area contributed by atoms with Crippen LogP contribution in [-0.2, 0) is 32.3 Å². The molecule has 0 bridgehead atoms. The Hall–Kier alpha value is -2.46. The number of rotatable bonds is 5. The van der Waals surface area contributed by atoms with Crippen LogP contribution in [-0.4, -0.2) is 31.8 Å². The summed E-state index contributed by atoms with van der Waals surface area (Å²) in [5, 5.41) is 0. The summed E-state index contributed by atoms with van der Waals surface area (Å²) < 4.78 is 82.8. The molecule has 3 rings (SSSR count). The highest BCUT2D eigenvalue weighted by atomic mass is 32.2. The number of carbonyl (C=O) groups excluding carboxylic acids is 1. The lowest BCUT2D eigenvalue weighted by atomic mass is 9.98. The van der Waals surface area contributed by atoms with Crippen LogP contribution in [0.3, 0.4) is 0 Å². The van der Waals surface area contributed by atoms with Crippen molar-refractivity contribution in [2.45, 2.75) is 30.5 Å². The van der Waals surface area contributed by atoms with Gasteiger partial charge >= 0.3 is 12.1 Å². The number of hydrogen-bond donors (Lipinski definition) is 0. The van der Waals surface area contributed by atoms with Gasteiger partial charge in [0.05, 0.1) is 16.4 Å². The van der Waals surface area contributed by atoms with Gasteiger partial charge in [-0.1, -0.05) is 12.1 Å². The summed E-state index contributed by atoms with van der Waals surface area (Å²) in [6, 6.07) is 9.01. The van der Waals surface area contributed by atoms with Gasteiger partial charge in [-0.25, -0.2) is 12.8 Å². The molecule has 1 saturated heterocycles. The minimum Gasteiger partial charge on any atom is -0.461 e. The molecule has 0 N–H and O–H groups in total. The number of alkyl halides is 3. The molecule has 30 heavy (non-hydrogen) atoms. The van der Waals surface area contributed by atoms with E-state index in [4.69, 9.17) is 4.74 Å². The molecule has 0 aromatic heterocycles. The molecule has 1 heterocycles. The number of piperidine rings is 1. The zero-order valence-electron chi connectivity index (χ0n) is 15.7. The van der Waals surface area contributed by atoms with Crippen molar-refractivity contribution in [2.24, 2.45) is 5.92 Å². The van der Waals surface area contributed by atoms with Crippen LogP contribution in [0.1, 0.15) is 24.0 Å². The maximum absolute atomic E-state index is 13.0. The molecule has 10 heteroatoms. The van der Waals surface area contributed by atoms with Crippen molar-refractivity contribution >= 4 is 16.0 Å². The van der Waals surface area contributed by atoms with Gasteiger partial charge < -0.3 is 4.74 Å². The summed E-state index contributed by atoms with van der Waals surface area (Å²) in [5.74, 6) is -1.67. The van der Waals surface area contributed by atoms with Crippen LogP contribution in [0.2, 0.25) is 0 Å². The Balaban J connectivity index is 1.55. The van der Waals surface area contributed by atoms with Crippen LogP contribution in [0, 0.1) is 11.7 Å². The minimum absolute atomic E-state index is 0.0329. The Morgan fingerprint density at radius 2 is 1.70 bits per heavy atom. The maximum Gasteiger partial charge on any atom is 0.416 e. The lowest BCUT2D eigenvalue weighted by Gasteiger charge is -2.30. The van der Waals surface area contributed by atoms with Crippen LogP contribution < -0.4 is 0 Å². The SMILES string of the molecule is O=C(OCc1cccc(C(F)(F)F)c1)C1CCN(S(=O)(=O)c2ccc(F)cc2)CC1. The molecule has 2 aromatic rings.